The summed E-state index contributed by atoms with van der Waals surface area (Å²) in [6.07, 6.45) is -3.85. The minimum Gasteiger partial charge on any atom is -0.508 e. The van der Waals surface area contributed by atoms with E-state index < -0.39 is 17.7 Å². The van der Waals surface area contributed by atoms with Crippen LogP contribution in [0.2, 0.25) is 0 Å². The molecule has 228 valence electrons. The number of halogens is 3. The second kappa shape index (κ2) is 14.0. The maximum atomic E-state index is 13.4. The Morgan fingerprint density at radius 1 is 1.00 bits per heavy atom. The average molecular weight is 596 g/mol. The Balaban J connectivity index is 1.66. The van der Waals surface area contributed by atoms with Gasteiger partial charge in [0.25, 0.3) is 0 Å². The van der Waals surface area contributed by atoms with Gasteiger partial charge in [-0.3, -0.25) is 4.98 Å². The molecule has 0 bridgehead atoms. The zero-order chi connectivity index (χ0) is 31.1. The predicted octanol–water partition coefficient (Wildman–Crippen LogP) is 6.11. The monoisotopic (exact) mass is 595 g/mol. The number of nitrogens with two attached hydrogens (primary N) is 1. The smallest absolute Gasteiger partial charge is 0.416 e. The van der Waals surface area contributed by atoms with Gasteiger partial charge in [0.1, 0.15) is 12.4 Å². The number of benzene rings is 3. The van der Waals surface area contributed by atoms with Crippen molar-refractivity contribution in [1.29, 1.82) is 0 Å². The van der Waals surface area contributed by atoms with Gasteiger partial charge in [0, 0.05) is 31.1 Å². The lowest BCUT2D eigenvalue weighted by Gasteiger charge is -2.19. The lowest BCUT2D eigenvalue weighted by Crippen LogP contribution is -2.35. The maximum Gasteiger partial charge on any atom is 0.416 e. The Hall–Kier alpha value is -3.99. The molecule has 0 aliphatic carbocycles. The highest BCUT2D eigenvalue weighted by Gasteiger charge is 2.30. The van der Waals surface area contributed by atoms with Crippen LogP contribution in [0.1, 0.15) is 41.0 Å². The number of hydrogen-bond acceptors (Lipinski definition) is 7. The van der Waals surface area contributed by atoms with Gasteiger partial charge < -0.3 is 25.6 Å². The summed E-state index contributed by atoms with van der Waals surface area (Å²) in [5, 5.41) is 13.5. The minimum absolute atomic E-state index is 0.0176. The predicted molar refractivity (Wildman–Crippen MR) is 160 cm³/mol. The van der Waals surface area contributed by atoms with Gasteiger partial charge in [-0.05, 0) is 71.5 Å². The molecule has 43 heavy (non-hydrogen) atoms. The number of rotatable bonds is 12. The van der Waals surface area contributed by atoms with Crippen LogP contribution in [0.15, 0.2) is 72.8 Å². The first-order valence-corrected chi connectivity index (χ1v) is 14.0. The first-order valence-electron chi connectivity index (χ1n) is 14.0. The largest absolute Gasteiger partial charge is 0.508 e. The molecular formula is C33H36F3N3O4. The number of hydrogen-bond donors (Lipinski definition) is 3. The fourth-order valence-electron chi connectivity index (χ4n) is 4.59. The number of aromatic nitrogens is 1. The van der Waals surface area contributed by atoms with Crippen LogP contribution in [0.3, 0.4) is 0 Å². The molecule has 4 aromatic rings. The minimum atomic E-state index is -4.48. The van der Waals surface area contributed by atoms with Crippen molar-refractivity contribution in [2.45, 2.75) is 45.1 Å². The van der Waals surface area contributed by atoms with E-state index in [9.17, 15) is 23.1 Å². The Morgan fingerprint density at radius 2 is 1.72 bits per heavy atom. The first-order chi connectivity index (χ1) is 20.4. The van der Waals surface area contributed by atoms with Crippen molar-refractivity contribution in [1.82, 2.24) is 10.3 Å². The number of aromatic hydroxyl groups is 1. The van der Waals surface area contributed by atoms with Gasteiger partial charge in [0.15, 0.2) is 0 Å². The van der Waals surface area contributed by atoms with Gasteiger partial charge >= 0.3 is 12.1 Å². The summed E-state index contributed by atoms with van der Waals surface area (Å²) in [5.74, 6) is -0.311. The van der Waals surface area contributed by atoms with Crippen molar-refractivity contribution in [2.75, 3.05) is 20.3 Å². The molecule has 0 saturated carbocycles. The summed E-state index contributed by atoms with van der Waals surface area (Å²) in [4.78, 5) is 18.1. The van der Waals surface area contributed by atoms with Crippen LogP contribution < -0.4 is 11.1 Å². The molecule has 0 amide bonds. The van der Waals surface area contributed by atoms with Crippen molar-refractivity contribution in [2.24, 2.45) is 11.7 Å². The SMILES string of the molecule is COC[C@H](Cc1ccc(O)cc1)NCc1cc(C(=O)OC[C@@H](N)C(C)C)c2cc(-c3cccc(C(F)(F)F)c3)ccc2n1. The lowest BCUT2D eigenvalue weighted by atomic mass is 9.98. The van der Waals surface area contributed by atoms with Crippen molar-refractivity contribution >= 4 is 16.9 Å². The van der Waals surface area contributed by atoms with Crippen molar-refractivity contribution in [3.8, 4) is 16.9 Å². The van der Waals surface area contributed by atoms with E-state index in [0.717, 1.165) is 17.7 Å². The van der Waals surface area contributed by atoms with Gasteiger partial charge in [0.05, 0.1) is 28.9 Å². The molecule has 0 fully saturated rings. The second-order valence-corrected chi connectivity index (χ2v) is 10.9. The van der Waals surface area contributed by atoms with E-state index in [1.807, 2.05) is 26.0 Å². The number of fused-ring (bicyclic) bond motifs is 1. The van der Waals surface area contributed by atoms with E-state index in [1.54, 1.807) is 49.6 Å². The highest BCUT2D eigenvalue weighted by atomic mass is 19.4. The van der Waals surface area contributed by atoms with Crippen LogP contribution in [-0.4, -0.2) is 48.5 Å². The Bertz CT molecular complexity index is 1540. The molecule has 0 aliphatic rings. The quantitative estimate of drug-likeness (QED) is 0.170. The molecule has 1 aromatic heterocycles. The summed E-state index contributed by atoms with van der Waals surface area (Å²) < 4.78 is 51.1. The molecule has 10 heteroatoms. The number of carbonyl (C=O) groups excluding carboxylic acids is 1. The van der Waals surface area contributed by atoms with Crippen molar-refractivity contribution < 1.29 is 32.5 Å². The van der Waals surface area contributed by atoms with Crippen LogP contribution in [0.5, 0.6) is 5.75 Å². The zero-order valence-electron chi connectivity index (χ0n) is 24.3. The van der Waals surface area contributed by atoms with Crippen molar-refractivity contribution in [3.05, 3.63) is 95.2 Å². The molecule has 2 atom stereocenters. The van der Waals surface area contributed by atoms with Gasteiger partial charge in [-0.2, -0.15) is 13.2 Å². The number of carbonyl (C=O) groups is 1. The number of alkyl halides is 3. The topological polar surface area (TPSA) is 107 Å². The summed E-state index contributed by atoms with van der Waals surface area (Å²) in [6.45, 7) is 4.60. The van der Waals surface area contributed by atoms with E-state index in [-0.39, 0.29) is 35.9 Å². The third-order valence-electron chi connectivity index (χ3n) is 7.23. The molecule has 0 aliphatic heterocycles. The Morgan fingerprint density at radius 3 is 2.40 bits per heavy atom. The van der Waals surface area contributed by atoms with Crippen LogP contribution in [0.25, 0.3) is 22.0 Å². The number of esters is 1. The van der Waals surface area contributed by atoms with Crippen LogP contribution in [0.4, 0.5) is 13.2 Å². The normalized spacial score (nSPS) is 13.3. The van der Waals surface area contributed by atoms with E-state index >= 15 is 0 Å². The highest BCUT2D eigenvalue weighted by molar-refractivity contribution is 6.04. The Kier molecular flexibility index (Phi) is 10.4. The number of pyridine rings is 1. The molecule has 1 heterocycles. The van der Waals surface area contributed by atoms with Gasteiger partial charge in [-0.15, -0.1) is 0 Å². The molecule has 0 saturated heterocycles. The summed E-state index contributed by atoms with van der Waals surface area (Å²) >= 11 is 0. The molecule has 7 nitrogen and oxygen atoms in total. The molecule has 3 aromatic carbocycles. The van der Waals surface area contributed by atoms with Crippen LogP contribution in [0, 0.1) is 5.92 Å². The van der Waals surface area contributed by atoms with E-state index in [0.29, 0.717) is 47.3 Å². The van der Waals surface area contributed by atoms with E-state index in [4.69, 9.17) is 20.2 Å². The van der Waals surface area contributed by atoms with Gasteiger partial charge in [0.2, 0.25) is 0 Å². The molecule has 0 unspecified atom stereocenters. The number of methoxy groups -OCH3 is 1. The third kappa shape index (κ3) is 8.53. The zero-order valence-corrected chi connectivity index (χ0v) is 24.3. The van der Waals surface area contributed by atoms with Crippen LogP contribution in [-0.2, 0) is 28.6 Å². The fraction of sp³-hybridized carbons (Fsp3) is 0.333. The fourth-order valence-corrected chi connectivity index (χ4v) is 4.59. The molecular weight excluding hydrogens is 559 g/mol. The summed E-state index contributed by atoms with van der Waals surface area (Å²) in [7, 11) is 1.61. The maximum absolute atomic E-state index is 13.4. The van der Waals surface area contributed by atoms with E-state index in [2.05, 4.69) is 5.32 Å². The van der Waals surface area contributed by atoms with Crippen LogP contribution >= 0.6 is 0 Å². The second-order valence-electron chi connectivity index (χ2n) is 10.9. The number of phenolic OH excluding ortho intramolecular Hbond substituents is 1. The number of nitrogens with zero attached hydrogens (tertiary/aromatic N) is 1. The number of phenols is 1. The number of nitrogens with one attached hydrogen (secondary N) is 1. The summed E-state index contributed by atoms with van der Waals surface area (Å²) in [6, 6.07) is 18.2. The Labute approximate surface area is 248 Å². The highest BCUT2D eigenvalue weighted by Crippen LogP contribution is 2.33. The van der Waals surface area contributed by atoms with E-state index in [1.165, 1.54) is 6.07 Å². The first kappa shape index (κ1) is 31.9. The average Bonchev–Trinajstić information content (AvgIpc) is 2.98. The standard InChI is InChI=1S/C33H36F3N3O4/c1-20(2)30(37)19-43-32(41)29-16-25(17-38-26(18-42-3)13-21-7-10-27(40)11-8-21)39-31-12-9-23(15-28(29)31)22-5-4-6-24(14-22)33(34,35)36/h4-12,14-16,20,26,30,38,40H,13,17-19,37H2,1-3H3/t26-,30+/m0/s1. The lowest BCUT2D eigenvalue weighted by molar-refractivity contribution is -0.137. The summed E-state index contributed by atoms with van der Waals surface area (Å²) in [5.41, 5.74) is 8.53. The number of ether oxygens (including phenoxy) is 2. The van der Waals surface area contributed by atoms with Gasteiger partial charge in [-0.25, -0.2) is 4.79 Å². The molecule has 0 spiro atoms. The molecule has 0 radical (unpaired) electrons. The van der Waals surface area contributed by atoms with Crippen molar-refractivity contribution in [3.63, 3.8) is 0 Å². The molecule has 4 rings (SSSR count). The third-order valence-corrected chi connectivity index (χ3v) is 7.23. The molecule has 4 N–H and O–H groups in total. The van der Waals surface area contributed by atoms with Gasteiger partial charge in [-0.1, -0.05) is 44.2 Å².